The first kappa shape index (κ1) is 12.6. The topological polar surface area (TPSA) is 58.9 Å². The Hall–Kier alpha value is -1.42. The largest absolute Gasteiger partial charge is 0.508 e. The molecule has 0 fully saturated rings. The number of methoxy groups -OCH3 is 2. The Balaban J connectivity index is 3.21. The molecule has 0 aliphatic heterocycles. The molecule has 1 aromatic carbocycles. The van der Waals surface area contributed by atoms with Gasteiger partial charge in [0.25, 0.3) is 0 Å². The fourth-order valence-corrected chi connectivity index (χ4v) is 1.67. The molecule has 0 spiro atoms. The molecule has 0 saturated heterocycles. The summed E-state index contributed by atoms with van der Waals surface area (Å²) in [7, 11) is 2.99. The van der Waals surface area contributed by atoms with Crippen molar-refractivity contribution in [3.63, 3.8) is 0 Å². The lowest BCUT2D eigenvalue weighted by molar-refractivity contribution is 0.158. The number of rotatable bonds is 5. The van der Waals surface area contributed by atoms with Crippen LogP contribution in [0.2, 0.25) is 0 Å². The fourth-order valence-electron chi connectivity index (χ4n) is 1.67. The van der Waals surface area contributed by atoms with E-state index in [2.05, 4.69) is 0 Å². The van der Waals surface area contributed by atoms with Crippen molar-refractivity contribution in [2.75, 3.05) is 14.2 Å². The zero-order valence-corrected chi connectivity index (χ0v) is 9.86. The van der Waals surface area contributed by atoms with Crippen LogP contribution < -0.4 is 9.47 Å². The van der Waals surface area contributed by atoms with Gasteiger partial charge in [0, 0.05) is 12.1 Å². The van der Waals surface area contributed by atoms with Crippen molar-refractivity contribution in [1.29, 1.82) is 0 Å². The maximum atomic E-state index is 9.99. The molecule has 0 radical (unpaired) electrons. The molecule has 0 bridgehead atoms. The van der Waals surface area contributed by atoms with Crippen LogP contribution >= 0.6 is 0 Å². The van der Waals surface area contributed by atoms with Crippen LogP contribution in [0.15, 0.2) is 12.1 Å². The molecule has 0 aromatic heterocycles. The predicted molar refractivity (Wildman–Crippen MR) is 61.1 cm³/mol. The molecule has 1 aromatic rings. The van der Waals surface area contributed by atoms with E-state index >= 15 is 0 Å². The Morgan fingerprint density at radius 3 is 2.06 bits per heavy atom. The summed E-state index contributed by atoms with van der Waals surface area (Å²) in [6.07, 6.45) is 0.835. The van der Waals surface area contributed by atoms with Crippen molar-refractivity contribution < 1.29 is 19.7 Å². The van der Waals surface area contributed by atoms with Gasteiger partial charge in [0.05, 0.1) is 25.9 Å². The summed E-state index contributed by atoms with van der Waals surface area (Å²) in [6, 6.07) is 2.94. The normalized spacial score (nSPS) is 12.2. The summed E-state index contributed by atoms with van der Waals surface area (Å²) < 4.78 is 10.3. The van der Waals surface area contributed by atoms with Gasteiger partial charge in [0.15, 0.2) is 0 Å². The SMILES string of the molecule is CCCC(O)c1c(OC)cc(O)cc1OC. The van der Waals surface area contributed by atoms with Gasteiger partial charge in [-0.05, 0) is 6.42 Å². The highest BCUT2D eigenvalue weighted by molar-refractivity contribution is 5.51. The average molecular weight is 226 g/mol. The van der Waals surface area contributed by atoms with Gasteiger partial charge in [0.1, 0.15) is 17.2 Å². The highest BCUT2D eigenvalue weighted by Gasteiger charge is 2.19. The summed E-state index contributed by atoms with van der Waals surface area (Å²) >= 11 is 0. The Bertz CT molecular complexity index is 324. The number of hydrogen-bond donors (Lipinski definition) is 2. The van der Waals surface area contributed by atoms with E-state index < -0.39 is 6.10 Å². The summed E-state index contributed by atoms with van der Waals surface area (Å²) in [5.41, 5.74) is 0.588. The number of hydrogen-bond acceptors (Lipinski definition) is 4. The molecule has 0 saturated carbocycles. The van der Waals surface area contributed by atoms with E-state index in [0.717, 1.165) is 6.42 Å². The van der Waals surface area contributed by atoms with E-state index in [9.17, 15) is 10.2 Å². The lowest BCUT2D eigenvalue weighted by Gasteiger charge is -2.18. The number of aromatic hydroxyl groups is 1. The van der Waals surface area contributed by atoms with E-state index in [0.29, 0.717) is 23.5 Å². The first-order valence-electron chi connectivity index (χ1n) is 5.27. The van der Waals surface area contributed by atoms with Gasteiger partial charge in [-0.1, -0.05) is 13.3 Å². The minimum absolute atomic E-state index is 0.0566. The van der Waals surface area contributed by atoms with Crippen molar-refractivity contribution in [2.24, 2.45) is 0 Å². The Kier molecular flexibility index (Phi) is 4.43. The molecule has 4 heteroatoms. The molecule has 1 atom stereocenters. The molecule has 90 valence electrons. The van der Waals surface area contributed by atoms with Crippen molar-refractivity contribution >= 4 is 0 Å². The number of aliphatic hydroxyl groups is 1. The fraction of sp³-hybridized carbons (Fsp3) is 0.500. The first-order valence-corrected chi connectivity index (χ1v) is 5.27. The number of benzene rings is 1. The molecule has 2 N–H and O–H groups in total. The lowest BCUT2D eigenvalue weighted by atomic mass is 10.0. The molecule has 0 heterocycles. The molecule has 0 amide bonds. The molecular weight excluding hydrogens is 208 g/mol. The number of phenols is 1. The zero-order valence-electron chi connectivity index (χ0n) is 9.86. The van der Waals surface area contributed by atoms with Gasteiger partial charge in [-0.15, -0.1) is 0 Å². The molecule has 4 nitrogen and oxygen atoms in total. The van der Waals surface area contributed by atoms with Crippen LogP contribution in [0.5, 0.6) is 17.2 Å². The Morgan fingerprint density at radius 2 is 1.69 bits per heavy atom. The smallest absolute Gasteiger partial charge is 0.132 e. The maximum absolute atomic E-state index is 9.99. The molecule has 16 heavy (non-hydrogen) atoms. The minimum Gasteiger partial charge on any atom is -0.508 e. The number of phenolic OH excluding ortho intramolecular Hbond substituents is 1. The zero-order chi connectivity index (χ0) is 12.1. The third-order valence-electron chi connectivity index (χ3n) is 2.42. The van der Waals surface area contributed by atoms with Gasteiger partial charge >= 0.3 is 0 Å². The van der Waals surface area contributed by atoms with Gasteiger partial charge in [0.2, 0.25) is 0 Å². The Morgan fingerprint density at radius 1 is 1.19 bits per heavy atom. The van der Waals surface area contributed by atoms with Crippen LogP contribution in [-0.2, 0) is 0 Å². The highest BCUT2D eigenvalue weighted by Crippen LogP contribution is 2.39. The quantitative estimate of drug-likeness (QED) is 0.808. The molecular formula is C12H18O4. The van der Waals surface area contributed by atoms with Gasteiger partial charge in [-0.3, -0.25) is 0 Å². The van der Waals surface area contributed by atoms with Crippen LogP contribution in [-0.4, -0.2) is 24.4 Å². The summed E-state index contributed by atoms with van der Waals surface area (Å²) in [5.74, 6) is 0.941. The second kappa shape index (κ2) is 5.61. The van der Waals surface area contributed by atoms with E-state index in [-0.39, 0.29) is 5.75 Å². The van der Waals surface area contributed by atoms with Gasteiger partial charge in [-0.25, -0.2) is 0 Å². The molecule has 0 aliphatic rings. The standard InChI is InChI=1S/C12H18O4/c1-4-5-9(14)12-10(15-2)6-8(13)7-11(12)16-3/h6-7,9,13-14H,4-5H2,1-3H3. The number of aliphatic hydroxyl groups excluding tert-OH is 1. The van der Waals surface area contributed by atoms with Crippen LogP contribution in [0.3, 0.4) is 0 Å². The van der Waals surface area contributed by atoms with Crippen molar-refractivity contribution in [2.45, 2.75) is 25.9 Å². The molecule has 0 aliphatic carbocycles. The number of ether oxygens (including phenoxy) is 2. The maximum Gasteiger partial charge on any atom is 0.132 e. The van der Waals surface area contributed by atoms with E-state index in [4.69, 9.17) is 9.47 Å². The average Bonchev–Trinajstić information content (AvgIpc) is 2.27. The minimum atomic E-state index is -0.643. The summed E-state index contributed by atoms with van der Waals surface area (Å²) in [5, 5.41) is 19.4. The van der Waals surface area contributed by atoms with Gasteiger partial charge in [-0.2, -0.15) is 0 Å². The van der Waals surface area contributed by atoms with Crippen LogP contribution in [0.25, 0.3) is 0 Å². The van der Waals surface area contributed by atoms with Crippen LogP contribution in [0, 0.1) is 0 Å². The molecule has 1 rings (SSSR count). The summed E-state index contributed by atoms with van der Waals surface area (Å²) in [6.45, 7) is 1.99. The Labute approximate surface area is 95.4 Å². The van der Waals surface area contributed by atoms with Crippen LogP contribution in [0.4, 0.5) is 0 Å². The third kappa shape index (κ3) is 2.58. The third-order valence-corrected chi connectivity index (χ3v) is 2.42. The van der Waals surface area contributed by atoms with Crippen molar-refractivity contribution in [3.8, 4) is 17.2 Å². The first-order chi connectivity index (χ1) is 7.63. The van der Waals surface area contributed by atoms with E-state index in [1.54, 1.807) is 0 Å². The van der Waals surface area contributed by atoms with E-state index in [1.807, 2.05) is 6.92 Å². The monoisotopic (exact) mass is 226 g/mol. The van der Waals surface area contributed by atoms with Crippen molar-refractivity contribution in [3.05, 3.63) is 17.7 Å². The van der Waals surface area contributed by atoms with Crippen molar-refractivity contribution in [1.82, 2.24) is 0 Å². The lowest BCUT2D eigenvalue weighted by Crippen LogP contribution is -2.03. The van der Waals surface area contributed by atoms with E-state index in [1.165, 1.54) is 26.4 Å². The highest BCUT2D eigenvalue weighted by atomic mass is 16.5. The molecule has 1 unspecified atom stereocenters. The second-order valence-corrected chi connectivity index (χ2v) is 3.57. The summed E-state index contributed by atoms with van der Waals surface area (Å²) in [4.78, 5) is 0. The second-order valence-electron chi connectivity index (χ2n) is 3.57. The van der Waals surface area contributed by atoms with Gasteiger partial charge < -0.3 is 19.7 Å². The van der Waals surface area contributed by atoms with Crippen LogP contribution in [0.1, 0.15) is 31.4 Å². The predicted octanol–water partition coefficient (Wildman–Crippen LogP) is 2.24.